The highest BCUT2D eigenvalue weighted by molar-refractivity contribution is 7.86. The van der Waals surface area contributed by atoms with Gasteiger partial charge in [0.25, 0.3) is 10.2 Å². The van der Waals surface area contributed by atoms with Crippen molar-refractivity contribution in [2.45, 2.75) is 19.9 Å². The molecule has 150 valence electrons. The number of carbonyl (C=O) groups is 1. The lowest BCUT2D eigenvalue weighted by Gasteiger charge is -2.35. The summed E-state index contributed by atoms with van der Waals surface area (Å²) < 4.78 is 28.7. The van der Waals surface area contributed by atoms with E-state index in [0.29, 0.717) is 31.1 Å². The molecule has 6 nitrogen and oxygen atoms in total. The third-order valence-electron chi connectivity index (χ3n) is 4.74. The first-order chi connectivity index (χ1) is 13.4. The molecule has 2 aromatic carbocycles. The van der Waals surface area contributed by atoms with Gasteiger partial charge >= 0.3 is 0 Å². The van der Waals surface area contributed by atoms with E-state index in [2.05, 4.69) is 0 Å². The molecule has 0 spiro atoms. The van der Waals surface area contributed by atoms with Gasteiger partial charge in [0.2, 0.25) is 5.91 Å². The Kier molecular flexibility index (Phi) is 6.72. The molecular weight excluding hydrogens is 398 g/mol. The molecule has 3 rings (SSSR count). The summed E-state index contributed by atoms with van der Waals surface area (Å²) >= 11 is 5.90. The summed E-state index contributed by atoms with van der Waals surface area (Å²) in [5, 5.41) is 0.609. The minimum Gasteiger partial charge on any atom is -0.312 e. The number of likely N-dealkylation sites (N-methyl/N-ethyl adjacent to an activating group) is 1. The van der Waals surface area contributed by atoms with E-state index >= 15 is 0 Å². The Labute approximate surface area is 171 Å². The molecule has 1 heterocycles. The van der Waals surface area contributed by atoms with Crippen LogP contribution in [0.3, 0.4) is 0 Å². The molecule has 0 bridgehead atoms. The van der Waals surface area contributed by atoms with Crippen LogP contribution < -0.4 is 4.90 Å². The number of para-hydroxylation sites is 1. The third kappa shape index (κ3) is 4.72. The number of benzene rings is 2. The zero-order valence-electron chi connectivity index (χ0n) is 15.8. The average Bonchev–Trinajstić information content (AvgIpc) is 2.68. The van der Waals surface area contributed by atoms with Crippen molar-refractivity contribution in [3.8, 4) is 0 Å². The van der Waals surface area contributed by atoms with Gasteiger partial charge in [-0.25, -0.2) is 0 Å². The number of amides is 1. The van der Waals surface area contributed by atoms with Crippen molar-refractivity contribution in [3.63, 3.8) is 0 Å². The maximum atomic E-state index is 13.0. The van der Waals surface area contributed by atoms with Crippen LogP contribution in [0.2, 0.25) is 5.02 Å². The highest BCUT2D eigenvalue weighted by Crippen LogP contribution is 2.21. The molecule has 1 saturated heterocycles. The van der Waals surface area contributed by atoms with Crippen LogP contribution in [0.5, 0.6) is 0 Å². The SMILES string of the molecule is CCN(C(=O)CN1CCCN(Cc2ccc(Cl)cc2)S1(=O)=O)c1ccccc1. The molecule has 0 unspecified atom stereocenters. The van der Waals surface area contributed by atoms with E-state index in [9.17, 15) is 13.2 Å². The monoisotopic (exact) mass is 421 g/mol. The Morgan fingerprint density at radius 2 is 1.68 bits per heavy atom. The van der Waals surface area contributed by atoms with Gasteiger partial charge in [-0.15, -0.1) is 0 Å². The van der Waals surface area contributed by atoms with Crippen molar-refractivity contribution in [1.82, 2.24) is 8.61 Å². The summed E-state index contributed by atoms with van der Waals surface area (Å²) in [4.78, 5) is 14.4. The van der Waals surface area contributed by atoms with Gasteiger partial charge in [-0.2, -0.15) is 17.0 Å². The molecule has 1 fully saturated rings. The Morgan fingerprint density at radius 1 is 1.04 bits per heavy atom. The Morgan fingerprint density at radius 3 is 2.32 bits per heavy atom. The zero-order valence-corrected chi connectivity index (χ0v) is 17.4. The minimum atomic E-state index is -3.71. The molecule has 1 aliphatic rings. The van der Waals surface area contributed by atoms with E-state index < -0.39 is 10.2 Å². The predicted octanol–water partition coefficient (Wildman–Crippen LogP) is 3.15. The van der Waals surface area contributed by atoms with Crippen molar-refractivity contribution in [3.05, 3.63) is 65.2 Å². The first-order valence-electron chi connectivity index (χ1n) is 9.27. The second kappa shape index (κ2) is 9.05. The molecule has 0 aromatic heterocycles. The predicted molar refractivity (Wildman–Crippen MR) is 111 cm³/mol. The van der Waals surface area contributed by atoms with E-state index in [1.165, 1.54) is 8.61 Å². The van der Waals surface area contributed by atoms with Crippen LogP contribution in [0.4, 0.5) is 5.69 Å². The molecule has 0 saturated carbocycles. The second-order valence-electron chi connectivity index (χ2n) is 6.63. The molecule has 0 aliphatic carbocycles. The quantitative estimate of drug-likeness (QED) is 0.719. The molecule has 0 N–H and O–H groups in total. The van der Waals surface area contributed by atoms with E-state index in [1.807, 2.05) is 49.4 Å². The van der Waals surface area contributed by atoms with E-state index in [1.54, 1.807) is 17.0 Å². The number of hydrogen-bond donors (Lipinski definition) is 0. The highest BCUT2D eigenvalue weighted by atomic mass is 35.5. The van der Waals surface area contributed by atoms with Crippen LogP contribution in [-0.4, -0.2) is 49.1 Å². The number of hydrogen-bond acceptors (Lipinski definition) is 3. The maximum Gasteiger partial charge on any atom is 0.282 e. The van der Waals surface area contributed by atoms with Gasteiger partial charge in [-0.3, -0.25) is 4.79 Å². The largest absolute Gasteiger partial charge is 0.312 e. The molecule has 1 amide bonds. The summed E-state index contributed by atoms with van der Waals surface area (Å²) in [6, 6.07) is 16.4. The fourth-order valence-electron chi connectivity index (χ4n) is 3.28. The molecule has 2 aromatic rings. The number of rotatable bonds is 6. The number of anilines is 1. The molecule has 0 radical (unpaired) electrons. The topological polar surface area (TPSA) is 60.9 Å². The van der Waals surface area contributed by atoms with Gasteiger partial charge in [-0.1, -0.05) is 41.9 Å². The van der Waals surface area contributed by atoms with Crippen molar-refractivity contribution < 1.29 is 13.2 Å². The third-order valence-corrected chi connectivity index (χ3v) is 6.92. The van der Waals surface area contributed by atoms with Crippen LogP contribution in [0.25, 0.3) is 0 Å². The van der Waals surface area contributed by atoms with Crippen molar-refractivity contribution in [2.24, 2.45) is 0 Å². The fourth-order valence-corrected chi connectivity index (χ4v) is 5.04. The van der Waals surface area contributed by atoms with Crippen molar-refractivity contribution >= 4 is 33.4 Å². The van der Waals surface area contributed by atoms with E-state index in [0.717, 1.165) is 11.3 Å². The Bertz CT molecular complexity index is 904. The lowest BCUT2D eigenvalue weighted by molar-refractivity contribution is -0.118. The summed E-state index contributed by atoms with van der Waals surface area (Å²) in [5.74, 6) is -0.231. The molecule has 8 heteroatoms. The first kappa shape index (κ1) is 20.8. The van der Waals surface area contributed by atoms with Gasteiger partial charge in [-0.05, 0) is 43.2 Å². The molecule has 0 atom stereocenters. The number of halogens is 1. The van der Waals surface area contributed by atoms with Crippen molar-refractivity contribution in [2.75, 3.05) is 31.1 Å². The van der Waals surface area contributed by atoms with Gasteiger partial charge in [0.1, 0.15) is 0 Å². The second-order valence-corrected chi connectivity index (χ2v) is 8.99. The van der Waals surface area contributed by atoms with Gasteiger partial charge in [0.05, 0.1) is 6.54 Å². The number of carbonyl (C=O) groups excluding carboxylic acids is 1. The van der Waals surface area contributed by atoms with E-state index in [-0.39, 0.29) is 19.0 Å². The van der Waals surface area contributed by atoms with Crippen LogP contribution in [0, 0.1) is 0 Å². The average molecular weight is 422 g/mol. The summed E-state index contributed by atoms with van der Waals surface area (Å²) in [6.45, 7) is 3.24. The van der Waals surface area contributed by atoms with Gasteiger partial charge < -0.3 is 4.90 Å². The summed E-state index contributed by atoms with van der Waals surface area (Å²) in [7, 11) is -3.71. The van der Waals surface area contributed by atoms with Crippen LogP contribution in [0.15, 0.2) is 54.6 Å². The normalized spacial score (nSPS) is 17.4. The molecule has 1 aliphatic heterocycles. The van der Waals surface area contributed by atoms with E-state index in [4.69, 9.17) is 11.6 Å². The highest BCUT2D eigenvalue weighted by Gasteiger charge is 2.35. The van der Waals surface area contributed by atoms with Crippen molar-refractivity contribution in [1.29, 1.82) is 0 Å². The molecule has 28 heavy (non-hydrogen) atoms. The first-order valence-corrected chi connectivity index (χ1v) is 11.0. The zero-order chi connectivity index (χ0) is 20.1. The smallest absolute Gasteiger partial charge is 0.282 e. The van der Waals surface area contributed by atoms with Gasteiger partial charge in [0.15, 0.2) is 0 Å². The molecular formula is C20H24ClN3O3S. The lowest BCUT2D eigenvalue weighted by atomic mass is 10.2. The minimum absolute atomic E-state index is 0.164. The maximum absolute atomic E-state index is 13.0. The fraction of sp³-hybridized carbons (Fsp3) is 0.350. The van der Waals surface area contributed by atoms with Crippen LogP contribution in [-0.2, 0) is 21.5 Å². The Hall–Kier alpha value is -1.93. The van der Waals surface area contributed by atoms with Crippen LogP contribution >= 0.6 is 11.6 Å². The Balaban J connectivity index is 1.72. The summed E-state index contributed by atoms with van der Waals surface area (Å²) in [5.41, 5.74) is 1.63. The summed E-state index contributed by atoms with van der Waals surface area (Å²) in [6.07, 6.45) is 0.678. The standard InChI is InChI=1S/C20H24ClN3O3S/c1-2-24(19-7-4-3-5-8-19)20(25)16-23-14-6-13-22(28(23,26)27)15-17-9-11-18(21)12-10-17/h3-5,7-12H,2,6,13-16H2,1H3. The number of nitrogens with zero attached hydrogens (tertiary/aromatic N) is 3. The van der Waals surface area contributed by atoms with Crippen LogP contribution in [0.1, 0.15) is 18.9 Å². The lowest BCUT2D eigenvalue weighted by Crippen LogP contribution is -2.52. The van der Waals surface area contributed by atoms with Gasteiger partial charge in [0, 0.05) is 36.9 Å².